The smallest absolute Gasteiger partial charge is 0.262 e. The van der Waals surface area contributed by atoms with Crippen molar-refractivity contribution in [2.24, 2.45) is 0 Å². The lowest BCUT2D eigenvalue weighted by Gasteiger charge is -2.25. The van der Waals surface area contributed by atoms with E-state index < -0.39 is 23.8 Å². The molecule has 2 heterocycles. The largest absolute Gasteiger partial charge is 0.310 e. The Morgan fingerprint density at radius 1 is 1.07 bits per heavy atom. The van der Waals surface area contributed by atoms with Crippen molar-refractivity contribution >= 4 is 46.5 Å². The van der Waals surface area contributed by atoms with Crippen molar-refractivity contribution in [3.05, 3.63) is 59.7 Å². The number of thioether (sulfide) groups is 1. The zero-order valence-corrected chi connectivity index (χ0v) is 17.6. The fourth-order valence-electron chi connectivity index (χ4n) is 3.78. The van der Waals surface area contributed by atoms with E-state index in [0.717, 1.165) is 15.9 Å². The predicted octanol–water partition coefficient (Wildman–Crippen LogP) is 3.41. The van der Waals surface area contributed by atoms with Crippen LogP contribution in [0.1, 0.15) is 34.1 Å². The number of hydrogen-bond acceptors (Lipinski definition) is 5. The van der Waals surface area contributed by atoms with Gasteiger partial charge in [-0.1, -0.05) is 24.3 Å². The summed E-state index contributed by atoms with van der Waals surface area (Å²) < 4.78 is 1.90. The number of aryl methyl sites for hydroxylation is 1. The number of carbonyl (C=O) groups excluding carboxylic acids is 3. The normalized spacial score (nSPS) is 14.3. The molecule has 0 aliphatic carbocycles. The molecule has 7 nitrogen and oxygen atoms in total. The number of hydrogen-bond donors (Lipinski definition) is 1. The molecule has 1 aliphatic rings. The van der Waals surface area contributed by atoms with Crippen LogP contribution in [0.3, 0.4) is 0 Å². The number of anilines is 1. The molecule has 0 radical (unpaired) electrons. The lowest BCUT2D eigenvalue weighted by atomic mass is 10.1. The van der Waals surface area contributed by atoms with Crippen LogP contribution in [-0.4, -0.2) is 50.2 Å². The molecular formula is C22H22N4O3S. The van der Waals surface area contributed by atoms with Crippen LogP contribution >= 0.6 is 11.8 Å². The Morgan fingerprint density at radius 2 is 1.70 bits per heavy atom. The number of imide groups is 1. The molecule has 1 aliphatic heterocycles. The van der Waals surface area contributed by atoms with Crippen LogP contribution in [0.2, 0.25) is 0 Å². The van der Waals surface area contributed by atoms with Gasteiger partial charge < -0.3 is 4.57 Å². The second-order valence-electron chi connectivity index (χ2n) is 6.98. The maximum absolute atomic E-state index is 13.3. The number of nitrogens with one attached hydrogen (secondary N) is 1. The Morgan fingerprint density at radius 3 is 2.33 bits per heavy atom. The fourth-order valence-corrected chi connectivity index (χ4v) is 4.24. The first kappa shape index (κ1) is 20.2. The highest BCUT2D eigenvalue weighted by atomic mass is 32.2. The van der Waals surface area contributed by atoms with E-state index in [9.17, 15) is 14.4 Å². The summed E-state index contributed by atoms with van der Waals surface area (Å²) in [6.45, 7) is 2.60. The van der Waals surface area contributed by atoms with E-state index in [0.29, 0.717) is 35.8 Å². The van der Waals surface area contributed by atoms with E-state index in [2.05, 4.69) is 10.3 Å². The Bertz CT molecular complexity index is 1110. The van der Waals surface area contributed by atoms with Crippen molar-refractivity contribution in [1.82, 2.24) is 14.5 Å². The number of benzene rings is 2. The Hall–Kier alpha value is -3.13. The van der Waals surface area contributed by atoms with E-state index in [-0.39, 0.29) is 0 Å². The van der Waals surface area contributed by atoms with Crippen molar-refractivity contribution in [3.8, 4) is 0 Å². The molecule has 2 aromatic carbocycles. The predicted molar refractivity (Wildman–Crippen MR) is 118 cm³/mol. The number of imidazole rings is 1. The van der Waals surface area contributed by atoms with Crippen LogP contribution in [0.5, 0.6) is 0 Å². The lowest BCUT2D eigenvalue weighted by Crippen LogP contribution is -2.47. The molecule has 1 atom stereocenters. The number of nitrogens with zero attached hydrogens (tertiary/aromatic N) is 3. The summed E-state index contributed by atoms with van der Waals surface area (Å²) >= 11 is 1.56. The van der Waals surface area contributed by atoms with E-state index >= 15 is 0 Å². The van der Waals surface area contributed by atoms with Gasteiger partial charge in [0.15, 0.2) is 0 Å². The van der Waals surface area contributed by atoms with Crippen molar-refractivity contribution in [2.45, 2.75) is 25.9 Å². The molecule has 1 aromatic heterocycles. The minimum atomic E-state index is -0.907. The molecule has 30 heavy (non-hydrogen) atoms. The molecule has 8 heteroatoms. The Balaban J connectivity index is 1.66. The third-order valence-corrected chi connectivity index (χ3v) is 5.88. The quantitative estimate of drug-likeness (QED) is 0.590. The minimum Gasteiger partial charge on any atom is -0.310 e. The van der Waals surface area contributed by atoms with Crippen LogP contribution in [0.25, 0.3) is 11.0 Å². The summed E-state index contributed by atoms with van der Waals surface area (Å²) in [4.78, 5) is 44.8. The molecule has 154 valence electrons. The number of amides is 3. The number of fused-ring (bicyclic) bond motifs is 2. The number of aromatic nitrogens is 2. The number of para-hydroxylation sites is 2. The molecule has 0 saturated carbocycles. The van der Waals surface area contributed by atoms with Crippen LogP contribution in [0.15, 0.2) is 48.5 Å². The molecule has 0 spiro atoms. The van der Waals surface area contributed by atoms with Gasteiger partial charge in [0.25, 0.3) is 11.8 Å². The summed E-state index contributed by atoms with van der Waals surface area (Å²) in [5, 5.41) is 2.86. The molecular weight excluding hydrogens is 400 g/mol. The first-order valence-electron chi connectivity index (χ1n) is 9.78. The van der Waals surface area contributed by atoms with Gasteiger partial charge in [0.1, 0.15) is 6.04 Å². The van der Waals surface area contributed by atoms with E-state index in [1.807, 2.05) is 42.0 Å². The van der Waals surface area contributed by atoms with Crippen molar-refractivity contribution in [3.63, 3.8) is 0 Å². The molecule has 3 aromatic rings. The van der Waals surface area contributed by atoms with Crippen molar-refractivity contribution in [1.29, 1.82) is 0 Å². The SMILES string of the molecule is CCn1c(NC(=O)[C@H](CCSC)N2C(=O)c3ccccc3C2=O)nc2ccccc21. The van der Waals surface area contributed by atoms with Crippen LogP contribution in [-0.2, 0) is 11.3 Å². The van der Waals surface area contributed by atoms with Crippen LogP contribution in [0.4, 0.5) is 5.95 Å². The average molecular weight is 423 g/mol. The zero-order chi connectivity index (χ0) is 21.3. The van der Waals surface area contributed by atoms with Crippen molar-refractivity contribution in [2.75, 3.05) is 17.3 Å². The first-order valence-corrected chi connectivity index (χ1v) is 11.2. The molecule has 4 rings (SSSR count). The molecule has 1 N–H and O–H groups in total. The van der Waals surface area contributed by atoms with Gasteiger partial charge in [0.2, 0.25) is 11.9 Å². The van der Waals surface area contributed by atoms with Gasteiger partial charge in [0.05, 0.1) is 22.2 Å². The van der Waals surface area contributed by atoms with E-state index in [1.54, 1.807) is 36.0 Å². The highest BCUT2D eigenvalue weighted by Gasteiger charge is 2.42. The fraction of sp³-hybridized carbons (Fsp3) is 0.273. The summed E-state index contributed by atoms with van der Waals surface area (Å²) in [5.41, 5.74) is 2.36. The molecule has 0 unspecified atom stereocenters. The number of rotatable bonds is 7. The second-order valence-corrected chi connectivity index (χ2v) is 7.97. The van der Waals surface area contributed by atoms with Gasteiger partial charge in [0, 0.05) is 6.54 Å². The lowest BCUT2D eigenvalue weighted by molar-refractivity contribution is -0.120. The van der Waals surface area contributed by atoms with Gasteiger partial charge in [-0.05, 0) is 49.6 Å². The minimum absolute atomic E-state index is 0.338. The third kappa shape index (κ3) is 3.37. The van der Waals surface area contributed by atoms with Gasteiger partial charge in [-0.3, -0.25) is 24.6 Å². The Labute approximate surface area is 178 Å². The van der Waals surface area contributed by atoms with Crippen LogP contribution < -0.4 is 5.32 Å². The molecule has 3 amide bonds. The third-order valence-electron chi connectivity index (χ3n) is 5.24. The van der Waals surface area contributed by atoms with Crippen LogP contribution in [0, 0.1) is 0 Å². The van der Waals surface area contributed by atoms with Gasteiger partial charge >= 0.3 is 0 Å². The van der Waals surface area contributed by atoms with E-state index in [4.69, 9.17) is 0 Å². The molecule has 0 bridgehead atoms. The maximum Gasteiger partial charge on any atom is 0.262 e. The monoisotopic (exact) mass is 422 g/mol. The second kappa shape index (κ2) is 8.31. The highest BCUT2D eigenvalue weighted by molar-refractivity contribution is 7.98. The molecule has 0 fully saturated rings. The summed E-state index contributed by atoms with van der Waals surface area (Å²) in [6.07, 6.45) is 2.29. The van der Waals surface area contributed by atoms with E-state index in [1.165, 1.54) is 0 Å². The number of carbonyl (C=O) groups is 3. The maximum atomic E-state index is 13.3. The van der Waals surface area contributed by atoms with Crippen molar-refractivity contribution < 1.29 is 14.4 Å². The summed E-state index contributed by atoms with van der Waals surface area (Å²) in [6, 6.07) is 13.4. The Kier molecular flexibility index (Phi) is 5.59. The average Bonchev–Trinajstić information content (AvgIpc) is 3.23. The van der Waals surface area contributed by atoms with Gasteiger partial charge in [-0.2, -0.15) is 11.8 Å². The zero-order valence-electron chi connectivity index (χ0n) is 16.8. The first-order chi connectivity index (χ1) is 14.6. The standard InChI is InChI=1S/C22H22N4O3S/c1-3-25-17-11-7-6-10-16(17)23-22(25)24-19(27)18(12-13-30-2)26-20(28)14-8-4-5-9-15(14)21(26)29/h4-11,18H,3,12-13H2,1-2H3,(H,23,24,27)/t18-/m0/s1. The van der Waals surface area contributed by atoms with Gasteiger partial charge in [-0.25, -0.2) is 4.98 Å². The molecule has 0 saturated heterocycles. The summed E-state index contributed by atoms with van der Waals surface area (Å²) in [7, 11) is 0. The van der Waals surface area contributed by atoms with Gasteiger partial charge in [-0.15, -0.1) is 0 Å². The summed E-state index contributed by atoms with van der Waals surface area (Å²) in [5.74, 6) is -0.227. The topological polar surface area (TPSA) is 84.3 Å². The highest BCUT2D eigenvalue weighted by Crippen LogP contribution is 2.27.